The number of nitrogens with one attached hydrogen (secondary N) is 1. The monoisotopic (exact) mass is 339 g/mol. The third kappa shape index (κ3) is 5.06. The molecule has 1 saturated heterocycles. The maximum atomic E-state index is 11.0. The van der Waals surface area contributed by atoms with E-state index in [2.05, 4.69) is 5.32 Å². The van der Waals surface area contributed by atoms with Crippen molar-refractivity contribution in [3.8, 4) is 0 Å². The maximum Gasteiger partial charge on any atom is 0.217 e. The second-order valence-electron chi connectivity index (χ2n) is 5.76. The number of aliphatic hydroxyl groups excluding tert-OH is 6. The highest BCUT2D eigenvalue weighted by molar-refractivity contribution is 5.73. The van der Waals surface area contributed by atoms with Gasteiger partial charge in [0.1, 0.15) is 24.4 Å². The highest BCUT2D eigenvalue weighted by Crippen LogP contribution is 2.21. The number of aliphatic hydroxyl groups is 6. The van der Waals surface area contributed by atoms with Crippen LogP contribution in [0.5, 0.6) is 0 Å². The molecule has 1 aliphatic rings. The standard InChI is InChI=1S/C13H25NO9/c1-7(18)14-9-11(20)10(19)8(23-12(9)21)2-22-6-13(3-15,4-16)5-17/h8-12,15-17,19-21H,2-6H2,1H3,(H,14,18)/t8-,9-,10-,11-,12?/m1/s1. The molecular weight excluding hydrogens is 314 g/mol. The number of rotatable bonds is 8. The number of hydrogen-bond acceptors (Lipinski definition) is 9. The summed E-state index contributed by atoms with van der Waals surface area (Å²) in [5.41, 5.74) is -1.24. The molecule has 10 nitrogen and oxygen atoms in total. The van der Waals surface area contributed by atoms with Gasteiger partial charge in [-0.1, -0.05) is 0 Å². The molecule has 7 N–H and O–H groups in total. The first-order chi connectivity index (χ1) is 10.8. The molecule has 0 aliphatic carbocycles. The quantitative estimate of drug-likeness (QED) is 0.232. The summed E-state index contributed by atoms with van der Waals surface area (Å²) in [6.07, 6.45) is -5.51. The third-order valence-corrected chi connectivity index (χ3v) is 3.79. The smallest absolute Gasteiger partial charge is 0.217 e. The molecule has 1 amide bonds. The van der Waals surface area contributed by atoms with E-state index in [-0.39, 0.29) is 13.2 Å². The molecule has 0 aromatic carbocycles. The van der Waals surface area contributed by atoms with E-state index in [1.54, 1.807) is 0 Å². The van der Waals surface area contributed by atoms with Crippen LogP contribution in [0.15, 0.2) is 0 Å². The molecule has 5 atom stereocenters. The zero-order chi connectivity index (χ0) is 17.6. The van der Waals surface area contributed by atoms with E-state index in [0.717, 1.165) is 0 Å². The second-order valence-corrected chi connectivity index (χ2v) is 5.76. The van der Waals surface area contributed by atoms with Crippen LogP contribution in [0.2, 0.25) is 0 Å². The molecule has 1 unspecified atom stereocenters. The lowest BCUT2D eigenvalue weighted by Crippen LogP contribution is -2.64. The Morgan fingerprint density at radius 1 is 1.13 bits per heavy atom. The van der Waals surface area contributed by atoms with E-state index in [9.17, 15) is 20.1 Å². The first-order valence-electron chi connectivity index (χ1n) is 7.17. The van der Waals surface area contributed by atoms with Crippen LogP contribution >= 0.6 is 0 Å². The predicted molar refractivity (Wildman–Crippen MR) is 75.0 cm³/mol. The van der Waals surface area contributed by atoms with Crippen molar-refractivity contribution in [3.05, 3.63) is 0 Å². The van der Waals surface area contributed by atoms with Crippen molar-refractivity contribution >= 4 is 5.91 Å². The van der Waals surface area contributed by atoms with Gasteiger partial charge >= 0.3 is 0 Å². The minimum Gasteiger partial charge on any atom is -0.396 e. The molecule has 1 aliphatic heterocycles. The van der Waals surface area contributed by atoms with Crippen LogP contribution in [-0.4, -0.2) is 100 Å². The fraction of sp³-hybridized carbons (Fsp3) is 0.923. The van der Waals surface area contributed by atoms with E-state index < -0.39 is 61.8 Å². The van der Waals surface area contributed by atoms with Crippen LogP contribution in [-0.2, 0) is 14.3 Å². The largest absolute Gasteiger partial charge is 0.396 e. The molecule has 23 heavy (non-hydrogen) atoms. The lowest BCUT2D eigenvalue weighted by Gasteiger charge is -2.41. The Kier molecular flexibility index (Phi) is 7.77. The third-order valence-electron chi connectivity index (χ3n) is 3.79. The Labute approximate surface area is 133 Å². The van der Waals surface area contributed by atoms with Gasteiger partial charge in [0, 0.05) is 6.92 Å². The van der Waals surface area contributed by atoms with Crippen LogP contribution in [0.1, 0.15) is 6.92 Å². The van der Waals surface area contributed by atoms with Crippen LogP contribution < -0.4 is 5.32 Å². The molecular formula is C13H25NO9. The number of amides is 1. The van der Waals surface area contributed by atoms with Gasteiger partial charge in [-0.2, -0.15) is 0 Å². The minimum atomic E-state index is -1.54. The van der Waals surface area contributed by atoms with Crippen molar-refractivity contribution < 1.29 is 44.9 Å². The van der Waals surface area contributed by atoms with Gasteiger partial charge in [0.15, 0.2) is 6.29 Å². The molecule has 0 saturated carbocycles. The first-order valence-corrected chi connectivity index (χ1v) is 7.17. The van der Waals surface area contributed by atoms with Crippen molar-refractivity contribution in [1.29, 1.82) is 0 Å². The van der Waals surface area contributed by atoms with Gasteiger partial charge in [-0.05, 0) is 0 Å². The van der Waals surface area contributed by atoms with Crippen molar-refractivity contribution in [2.24, 2.45) is 5.41 Å². The van der Waals surface area contributed by atoms with Crippen LogP contribution in [0.4, 0.5) is 0 Å². The number of hydrogen-bond donors (Lipinski definition) is 7. The molecule has 1 heterocycles. The summed E-state index contributed by atoms with van der Waals surface area (Å²) in [5.74, 6) is -0.503. The average molecular weight is 339 g/mol. The number of carbonyl (C=O) groups excluding carboxylic acids is 1. The van der Waals surface area contributed by atoms with Crippen molar-refractivity contribution in [2.75, 3.05) is 33.0 Å². The fourth-order valence-corrected chi connectivity index (χ4v) is 2.15. The van der Waals surface area contributed by atoms with E-state index in [0.29, 0.717) is 0 Å². The fourth-order valence-electron chi connectivity index (χ4n) is 2.15. The van der Waals surface area contributed by atoms with Crippen LogP contribution in [0, 0.1) is 5.41 Å². The highest BCUT2D eigenvalue weighted by atomic mass is 16.6. The summed E-state index contributed by atoms with van der Waals surface area (Å²) in [6.45, 7) is -0.814. The summed E-state index contributed by atoms with van der Waals surface area (Å²) in [7, 11) is 0. The Hall–Kier alpha value is -0.850. The van der Waals surface area contributed by atoms with E-state index >= 15 is 0 Å². The molecule has 136 valence electrons. The average Bonchev–Trinajstić information content (AvgIpc) is 2.53. The van der Waals surface area contributed by atoms with Crippen molar-refractivity contribution in [3.63, 3.8) is 0 Å². The normalized spacial score (nSPS) is 31.9. The van der Waals surface area contributed by atoms with E-state index in [1.807, 2.05) is 0 Å². The van der Waals surface area contributed by atoms with Gasteiger partial charge in [-0.3, -0.25) is 4.79 Å². The van der Waals surface area contributed by atoms with Crippen molar-refractivity contribution in [1.82, 2.24) is 5.32 Å². The lowest BCUT2D eigenvalue weighted by molar-refractivity contribution is -0.258. The number of ether oxygens (including phenoxy) is 2. The predicted octanol–water partition coefficient (Wildman–Crippen LogP) is -4.09. The summed E-state index contributed by atoms with van der Waals surface area (Å²) in [5, 5.41) is 59.5. The molecule has 0 spiro atoms. The molecule has 10 heteroatoms. The van der Waals surface area contributed by atoms with Gasteiger partial charge in [-0.25, -0.2) is 0 Å². The zero-order valence-corrected chi connectivity index (χ0v) is 12.8. The lowest BCUT2D eigenvalue weighted by atomic mass is 9.92. The van der Waals surface area contributed by atoms with Crippen molar-refractivity contribution in [2.45, 2.75) is 37.6 Å². The molecule has 0 aromatic heterocycles. The molecule has 1 fully saturated rings. The van der Waals surface area contributed by atoms with E-state index in [4.69, 9.17) is 24.8 Å². The summed E-state index contributed by atoms with van der Waals surface area (Å²) < 4.78 is 10.3. The molecule has 0 radical (unpaired) electrons. The van der Waals surface area contributed by atoms with Crippen LogP contribution in [0.3, 0.4) is 0 Å². The van der Waals surface area contributed by atoms with Crippen LogP contribution in [0.25, 0.3) is 0 Å². The molecule has 1 rings (SSSR count). The molecule has 0 bridgehead atoms. The Balaban J connectivity index is 2.57. The maximum absolute atomic E-state index is 11.0. The van der Waals surface area contributed by atoms with E-state index in [1.165, 1.54) is 6.92 Å². The minimum absolute atomic E-state index is 0.218. The summed E-state index contributed by atoms with van der Waals surface area (Å²) >= 11 is 0. The molecule has 0 aromatic rings. The topological polar surface area (TPSA) is 169 Å². The zero-order valence-electron chi connectivity index (χ0n) is 12.8. The first kappa shape index (κ1) is 20.2. The summed E-state index contributed by atoms with van der Waals surface area (Å²) in [4.78, 5) is 11.0. The van der Waals surface area contributed by atoms with Gasteiger partial charge in [0.05, 0.1) is 38.4 Å². The Morgan fingerprint density at radius 3 is 2.17 bits per heavy atom. The Morgan fingerprint density at radius 2 is 1.70 bits per heavy atom. The highest BCUT2D eigenvalue weighted by Gasteiger charge is 2.44. The van der Waals surface area contributed by atoms with Gasteiger partial charge < -0.3 is 45.4 Å². The SMILES string of the molecule is CC(=O)N[C@H]1C(O)O[C@H](COCC(CO)(CO)CO)[C@@H](O)[C@@H]1O. The van der Waals surface area contributed by atoms with Gasteiger partial charge in [-0.15, -0.1) is 0 Å². The Bertz CT molecular complexity index is 368. The summed E-state index contributed by atoms with van der Waals surface area (Å²) in [6, 6.07) is -1.18. The van der Waals surface area contributed by atoms with Gasteiger partial charge in [0.2, 0.25) is 5.91 Å². The second kappa shape index (κ2) is 8.85. The van der Waals surface area contributed by atoms with Gasteiger partial charge in [0.25, 0.3) is 0 Å². The number of carbonyl (C=O) groups is 1.